The molecule has 0 bridgehead atoms. The number of rotatable bonds is 10. The fourth-order valence-electron chi connectivity index (χ4n) is 4.71. The van der Waals surface area contributed by atoms with Crippen LogP contribution in [0.15, 0.2) is 24.5 Å². The minimum atomic E-state index is -1.53. The highest BCUT2D eigenvalue weighted by Crippen LogP contribution is 2.40. The van der Waals surface area contributed by atoms with Gasteiger partial charge in [-0.15, -0.1) is 6.58 Å². The van der Waals surface area contributed by atoms with Crippen molar-refractivity contribution in [1.82, 2.24) is 0 Å². The Morgan fingerprint density at radius 1 is 0.878 bits per heavy atom. The topological polar surface area (TPSA) is 178 Å². The molecule has 15 heteroatoms. The van der Waals surface area contributed by atoms with Gasteiger partial charge >= 0.3 is 29.8 Å². The van der Waals surface area contributed by atoms with E-state index in [0.717, 1.165) is 34.0 Å². The van der Waals surface area contributed by atoms with Gasteiger partial charge in [0.05, 0.1) is 44.0 Å². The van der Waals surface area contributed by atoms with Crippen molar-refractivity contribution >= 4 is 29.8 Å². The molecule has 0 aromatic heterocycles. The predicted molar refractivity (Wildman–Crippen MR) is 131 cm³/mol. The predicted octanol–water partition coefficient (Wildman–Crippen LogP) is 0.291. The highest BCUT2D eigenvalue weighted by Gasteiger charge is 2.55. The molecule has 228 valence electrons. The molecule has 0 aromatic carbocycles. The van der Waals surface area contributed by atoms with E-state index in [2.05, 4.69) is 6.58 Å². The first-order valence-corrected chi connectivity index (χ1v) is 12.7. The van der Waals surface area contributed by atoms with Crippen LogP contribution >= 0.6 is 0 Å². The van der Waals surface area contributed by atoms with Crippen LogP contribution in [0, 0.1) is 11.8 Å². The molecule has 0 aliphatic carbocycles. The third kappa shape index (κ3) is 8.03. The molecule has 0 N–H and O–H groups in total. The minimum absolute atomic E-state index is 0.102. The summed E-state index contributed by atoms with van der Waals surface area (Å²) < 4.78 is 55.4. The highest BCUT2D eigenvalue weighted by atomic mass is 16.8. The zero-order valence-corrected chi connectivity index (χ0v) is 23.3. The lowest BCUT2D eigenvalue weighted by molar-refractivity contribution is -0.343. The number of carbonyl (C=O) groups excluding carboxylic acids is 5. The summed E-state index contributed by atoms with van der Waals surface area (Å²) in [6.45, 7) is 8.44. The number of methoxy groups -OCH3 is 1. The van der Waals surface area contributed by atoms with Crippen molar-refractivity contribution in [2.45, 2.75) is 71.0 Å². The quantitative estimate of drug-likeness (QED) is 0.194. The Morgan fingerprint density at radius 3 is 2.00 bits per heavy atom. The van der Waals surface area contributed by atoms with Gasteiger partial charge in [0.2, 0.25) is 12.6 Å². The highest BCUT2D eigenvalue weighted by molar-refractivity contribution is 5.89. The second-order valence-electron chi connectivity index (χ2n) is 9.22. The summed E-state index contributed by atoms with van der Waals surface area (Å²) in [6, 6.07) is 0. The lowest BCUT2D eigenvalue weighted by Gasteiger charge is -2.46. The van der Waals surface area contributed by atoms with Crippen molar-refractivity contribution in [3.05, 3.63) is 24.5 Å². The molecule has 8 atom stereocenters. The molecule has 0 unspecified atom stereocenters. The second-order valence-corrected chi connectivity index (χ2v) is 9.22. The van der Waals surface area contributed by atoms with E-state index in [9.17, 15) is 24.0 Å². The van der Waals surface area contributed by atoms with Crippen LogP contribution in [-0.4, -0.2) is 100 Å². The summed E-state index contributed by atoms with van der Waals surface area (Å²) in [7, 11) is 1.21. The Bertz CT molecular complexity index is 1030. The molecule has 0 radical (unpaired) electrons. The zero-order chi connectivity index (χ0) is 30.3. The Hall–Kier alpha value is -3.53. The molecule has 15 nitrogen and oxygen atoms in total. The molecule has 0 aromatic rings. The molecule has 3 aliphatic rings. The zero-order valence-electron chi connectivity index (χ0n) is 23.3. The fourth-order valence-corrected chi connectivity index (χ4v) is 4.71. The van der Waals surface area contributed by atoms with E-state index in [1.54, 1.807) is 0 Å². The van der Waals surface area contributed by atoms with E-state index in [-0.39, 0.29) is 18.8 Å². The monoisotopic (exact) mass is 586 g/mol. The van der Waals surface area contributed by atoms with Crippen LogP contribution in [0.3, 0.4) is 0 Å². The molecule has 0 amide bonds. The lowest BCUT2D eigenvalue weighted by atomic mass is 9.83. The maximum absolute atomic E-state index is 12.5. The van der Waals surface area contributed by atoms with Crippen LogP contribution in [0.5, 0.6) is 0 Å². The van der Waals surface area contributed by atoms with Crippen molar-refractivity contribution in [1.29, 1.82) is 0 Å². The van der Waals surface area contributed by atoms with Gasteiger partial charge in [-0.25, -0.2) is 4.79 Å². The molecule has 2 saturated heterocycles. The van der Waals surface area contributed by atoms with Gasteiger partial charge in [-0.3, -0.25) is 19.2 Å². The van der Waals surface area contributed by atoms with Crippen molar-refractivity contribution in [2.75, 3.05) is 26.9 Å². The largest absolute Gasteiger partial charge is 0.471 e. The van der Waals surface area contributed by atoms with E-state index < -0.39 is 91.6 Å². The maximum Gasteiger partial charge on any atom is 0.337 e. The van der Waals surface area contributed by atoms with Gasteiger partial charge in [-0.1, -0.05) is 6.08 Å². The number of hydrogen-bond acceptors (Lipinski definition) is 15. The van der Waals surface area contributed by atoms with Crippen LogP contribution in [0.1, 0.15) is 27.7 Å². The van der Waals surface area contributed by atoms with E-state index in [1.807, 2.05) is 0 Å². The Labute approximate surface area is 235 Å². The molecule has 41 heavy (non-hydrogen) atoms. The van der Waals surface area contributed by atoms with E-state index in [1.165, 1.54) is 13.2 Å². The maximum atomic E-state index is 12.5. The normalized spacial score (nSPS) is 31.6. The Morgan fingerprint density at radius 2 is 1.46 bits per heavy atom. The minimum Gasteiger partial charge on any atom is -0.471 e. The number of ether oxygens (including phenoxy) is 10. The average molecular weight is 587 g/mol. The lowest BCUT2D eigenvalue weighted by Crippen LogP contribution is -2.63. The van der Waals surface area contributed by atoms with Gasteiger partial charge in [0.25, 0.3) is 0 Å². The summed E-state index contributed by atoms with van der Waals surface area (Å²) in [6.07, 6.45) is -6.54. The van der Waals surface area contributed by atoms with Gasteiger partial charge in [-0.2, -0.15) is 0 Å². The van der Waals surface area contributed by atoms with Crippen LogP contribution in [-0.2, 0) is 71.3 Å². The van der Waals surface area contributed by atoms with Crippen molar-refractivity contribution in [2.24, 2.45) is 11.8 Å². The van der Waals surface area contributed by atoms with Gasteiger partial charge < -0.3 is 47.4 Å². The number of carbonyl (C=O) groups is 5. The molecule has 0 saturated carbocycles. The SMILES string of the molecule is C=C[C@@H]1[C@H](O[C@H]2O[C@H](COC(C)=O)[C@H](OC(C)=O)[C@@H](OC(C)=O)[C@@H]2OC(C)=O)OC=C(C(=O)OC)[C@H]1C1OCCO1. The molecule has 2 fully saturated rings. The molecule has 3 heterocycles. The molecular formula is C26H34O15. The first-order valence-electron chi connectivity index (χ1n) is 12.7. The van der Waals surface area contributed by atoms with E-state index >= 15 is 0 Å². The summed E-state index contributed by atoms with van der Waals surface area (Å²) in [4.78, 5) is 60.2. The number of esters is 5. The van der Waals surface area contributed by atoms with E-state index in [0.29, 0.717) is 0 Å². The molecular weight excluding hydrogens is 552 g/mol. The third-order valence-corrected chi connectivity index (χ3v) is 6.27. The summed E-state index contributed by atoms with van der Waals surface area (Å²) in [5.41, 5.74) is 0.102. The second kappa shape index (κ2) is 14.4. The first-order chi connectivity index (χ1) is 19.5. The fraction of sp³-hybridized carbons (Fsp3) is 0.654. The van der Waals surface area contributed by atoms with Crippen LogP contribution in [0.4, 0.5) is 0 Å². The van der Waals surface area contributed by atoms with Crippen molar-refractivity contribution in [3.63, 3.8) is 0 Å². The van der Waals surface area contributed by atoms with Crippen LogP contribution in [0.2, 0.25) is 0 Å². The molecule has 3 rings (SSSR count). The third-order valence-electron chi connectivity index (χ3n) is 6.27. The van der Waals surface area contributed by atoms with Gasteiger partial charge in [0.15, 0.2) is 24.6 Å². The van der Waals surface area contributed by atoms with Crippen LogP contribution < -0.4 is 0 Å². The number of hydrogen-bond donors (Lipinski definition) is 0. The smallest absolute Gasteiger partial charge is 0.337 e. The van der Waals surface area contributed by atoms with E-state index in [4.69, 9.17) is 47.4 Å². The first kappa shape index (κ1) is 32.0. The molecule has 3 aliphatic heterocycles. The van der Waals surface area contributed by atoms with Crippen molar-refractivity contribution in [3.8, 4) is 0 Å². The van der Waals surface area contributed by atoms with Crippen molar-refractivity contribution < 1.29 is 71.3 Å². The Balaban J connectivity index is 2.00. The van der Waals surface area contributed by atoms with Gasteiger partial charge in [0, 0.05) is 27.7 Å². The Kier molecular flexibility index (Phi) is 11.2. The van der Waals surface area contributed by atoms with Gasteiger partial charge in [0.1, 0.15) is 12.7 Å². The molecule has 0 spiro atoms. The average Bonchev–Trinajstić information content (AvgIpc) is 3.44. The summed E-state index contributed by atoms with van der Waals surface area (Å²) in [5, 5.41) is 0. The standard InChI is InChI=1S/C26H34O15/c1-7-16-19(25-33-8-9-34-25)17(23(31)32-6)10-36-24(16)41-26-22(39-15(5)30)21(38-14(4)29)20(37-13(3)28)18(40-26)11-35-12(2)27/h7,10,16,18-22,24-26H,1,8-9,11H2,2-6H3/t16-,18+,19-,20-,21+,22-,24-,26+/m0/s1. The van der Waals surface area contributed by atoms with Crippen LogP contribution in [0.25, 0.3) is 0 Å². The summed E-state index contributed by atoms with van der Waals surface area (Å²) in [5.74, 6) is -5.31. The van der Waals surface area contributed by atoms with Gasteiger partial charge in [-0.05, 0) is 0 Å². The summed E-state index contributed by atoms with van der Waals surface area (Å²) >= 11 is 0.